The van der Waals surface area contributed by atoms with Crippen LogP contribution in [-0.2, 0) is 11.3 Å². The average Bonchev–Trinajstić information content (AvgIpc) is 2.59. The number of carbonyl (C=O) groups is 1. The van der Waals surface area contributed by atoms with E-state index in [1.807, 2.05) is 55.5 Å². The normalized spacial score (nSPS) is 10.7. The van der Waals surface area contributed by atoms with Gasteiger partial charge < -0.3 is 5.32 Å². The van der Waals surface area contributed by atoms with Gasteiger partial charge in [-0.25, -0.2) is 9.97 Å². The van der Waals surface area contributed by atoms with E-state index in [0.717, 1.165) is 21.5 Å². The van der Waals surface area contributed by atoms with E-state index >= 15 is 0 Å². The van der Waals surface area contributed by atoms with Crippen LogP contribution in [0.5, 0.6) is 0 Å². The van der Waals surface area contributed by atoms with Gasteiger partial charge in [0.05, 0.1) is 11.3 Å². The van der Waals surface area contributed by atoms with Gasteiger partial charge in [-0.05, 0) is 24.1 Å². The monoisotopic (exact) mass is 323 g/mol. The Bertz CT molecular complexity index is 830. The number of aromatic nitrogens is 2. The number of fused-ring (bicyclic) bond motifs is 1. The molecule has 0 spiro atoms. The van der Waals surface area contributed by atoms with Crippen molar-refractivity contribution < 1.29 is 4.79 Å². The maximum absolute atomic E-state index is 12.1. The van der Waals surface area contributed by atoms with Gasteiger partial charge in [-0.2, -0.15) is 0 Å². The molecule has 0 radical (unpaired) electrons. The maximum Gasteiger partial charge on any atom is 0.230 e. The van der Waals surface area contributed by atoms with Crippen LogP contribution in [0.2, 0.25) is 0 Å². The molecule has 3 aromatic rings. The molecule has 0 fully saturated rings. The fourth-order valence-electron chi connectivity index (χ4n) is 2.28. The maximum atomic E-state index is 12.1. The van der Waals surface area contributed by atoms with E-state index in [0.29, 0.717) is 12.3 Å². The van der Waals surface area contributed by atoms with Gasteiger partial charge in [-0.15, -0.1) is 0 Å². The number of aryl methyl sites for hydroxylation is 1. The van der Waals surface area contributed by atoms with Crippen molar-refractivity contribution in [1.29, 1.82) is 0 Å². The number of hydrogen-bond donors (Lipinski definition) is 1. The molecular formula is C18H17N3OS. The van der Waals surface area contributed by atoms with Crippen LogP contribution in [0.3, 0.4) is 0 Å². The van der Waals surface area contributed by atoms with Crippen molar-refractivity contribution in [3.63, 3.8) is 0 Å². The number of rotatable bonds is 5. The molecule has 0 saturated heterocycles. The van der Waals surface area contributed by atoms with Gasteiger partial charge in [-0.3, -0.25) is 4.79 Å². The number of benzene rings is 2. The van der Waals surface area contributed by atoms with E-state index in [1.165, 1.54) is 23.7 Å². The second kappa shape index (κ2) is 7.24. The van der Waals surface area contributed by atoms with E-state index in [4.69, 9.17) is 0 Å². The molecule has 0 aliphatic carbocycles. The standard InChI is InChI=1S/C18H17N3OS/c1-13-6-2-3-7-14(13)10-19-17(22)11-23-18-15-8-4-5-9-16(15)20-12-21-18/h2-9,12H,10-11H2,1H3,(H,19,22). The Kier molecular flexibility index (Phi) is 4.88. The molecule has 1 aromatic heterocycles. The van der Waals surface area contributed by atoms with Gasteiger partial charge in [0.2, 0.25) is 5.91 Å². The van der Waals surface area contributed by atoms with Crippen LogP contribution < -0.4 is 5.32 Å². The third-order valence-electron chi connectivity index (χ3n) is 3.58. The minimum atomic E-state index is 0.000876. The number of nitrogens with zero attached hydrogens (tertiary/aromatic N) is 2. The summed E-state index contributed by atoms with van der Waals surface area (Å²) >= 11 is 1.43. The van der Waals surface area contributed by atoms with Crippen molar-refractivity contribution in [3.8, 4) is 0 Å². The SMILES string of the molecule is Cc1ccccc1CNC(=O)CSc1ncnc2ccccc12. The number of amides is 1. The van der Waals surface area contributed by atoms with Crippen molar-refractivity contribution in [3.05, 3.63) is 66.0 Å². The summed E-state index contributed by atoms with van der Waals surface area (Å²) in [6, 6.07) is 15.9. The zero-order chi connectivity index (χ0) is 16.1. The molecule has 4 nitrogen and oxygen atoms in total. The lowest BCUT2D eigenvalue weighted by atomic mass is 10.1. The van der Waals surface area contributed by atoms with E-state index < -0.39 is 0 Å². The largest absolute Gasteiger partial charge is 0.351 e. The van der Waals surface area contributed by atoms with Crippen LogP contribution in [0.4, 0.5) is 0 Å². The summed E-state index contributed by atoms with van der Waals surface area (Å²) < 4.78 is 0. The molecule has 1 N–H and O–H groups in total. The van der Waals surface area contributed by atoms with Crippen molar-refractivity contribution >= 4 is 28.6 Å². The highest BCUT2D eigenvalue weighted by atomic mass is 32.2. The summed E-state index contributed by atoms with van der Waals surface area (Å²) in [7, 11) is 0. The van der Waals surface area contributed by atoms with Crippen molar-refractivity contribution in [1.82, 2.24) is 15.3 Å². The average molecular weight is 323 g/mol. The van der Waals surface area contributed by atoms with Crippen LogP contribution in [0.1, 0.15) is 11.1 Å². The van der Waals surface area contributed by atoms with Crippen molar-refractivity contribution in [2.45, 2.75) is 18.5 Å². The number of hydrogen-bond acceptors (Lipinski definition) is 4. The Morgan fingerprint density at radius 2 is 1.87 bits per heavy atom. The zero-order valence-corrected chi connectivity index (χ0v) is 13.6. The molecule has 116 valence electrons. The van der Waals surface area contributed by atoms with Gasteiger partial charge in [0.15, 0.2) is 0 Å². The zero-order valence-electron chi connectivity index (χ0n) is 12.8. The highest BCUT2D eigenvalue weighted by Gasteiger charge is 2.08. The summed E-state index contributed by atoms with van der Waals surface area (Å²) in [5.74, 6) is 0.341. The van der Waals surface area contributed by atoms with Crippen LogP contribution in [0.15, 0.2) is 59.9 Å². The third kappa shape index (κ3) is 3.87. The quantitative estimate of drug-likeness (QED) is 0.578. The predicted molar refractivity (Wildman–Crippen MR) is 93.3 cm³/mol. The van der Waals surface area contributed by atoms with Crippen LogP contribution in [0, 0.1) is 6.92 Å². The molecule has 23 heavy (non-hydrogen) atoms. The Labute approximate surface area is 139 Å². The molecule has 3 rings (SSSR count). The summed E-state index contributed by atoms with van der Waals surface area (Å²) in [4.78, 5) is 20.6. The first-order chi connectivity index (χ1) is 11.2. The topological polar surface area (TPSA) is 54.9 Å². The Hall–Kier alpha value is -2.40. The minimum Gasteiger partial charge on any atom is -0.351 e. The lowest BCUT2D eigenvalue weighted by molar-refractivity contribution is -0.118. The molecular weight excluding hydrogens is 306 g/mol. The van der Waals surface area contributed by atoms with E-state index in [2.05, 4.69) is 15.3 Å². The lowest BCUT2D eigenvalue weighted by Crippen LogP contribution is -2.24. The van der Waals surface area contributed by atoms with Crippen molar-refractivity contribution in [2.24, 2.45) is 0 Å². The first-order valence-corrected chi connectivity index (χ1v) is 8.36. The molecule has 1 heterocycles. The second-order valence-corrected chi connectivity index (χ2v) is 6.15. The predicted octanol–water partition coefficient (Wildman–Crippen LogP) is 3.35. The fourth-order valence-corrected chi connectivity index (χ4v) is 3.10. The number of nitrogens with one attached hydrogen (secondary N) is 1. The smallest absolute Gasteiger partial charge is 0.230 e. The molecule has 2 aromatic carbocycles. The van der Waals surface area contributed by atoms with Gasteiger partial charge in [-0.1, -0.05) is 54.2 Å². The molecule has 0 aliphatic heterocycles. The number of thioether (sulfide) groups is 1. The highest BCUT2D eigenvalue weighted by molar-refractivity contribution is 8.00. The summed E-state index contributed by atoms with van der Waals surface area (Å²) in [5.41, 5.74) is 3.21. The van der Waals surface area contributed by atoms with Crippen LogP contribution >= 0.6 is 11.8 Å². The van der Waals surface area contributed by atoms with Crippen LogP contribution in [-0.4, -0.2) is 21.6 Å². The fraction of sp³-hybridized carbons (Fsp3) is 0.167. The first-order valence-electron chi connectivity index (χ1n) is 7.38. The lowest BCUT2D eigenvalue weighted by Gasteiger charge is -2.08. The Morgan fingerprint density at radius 3 is 2.74 bits per heavy atom. The summed E-state index contributed by atoms with van der Waals surface area (Å²) in [6.45, 7) is 2.60. The Balaban J connectivity index is 1.59. The molecule has 0 unspecified atom stereocenters. The number of para-hydroxylation sites is 1. The van der Waals surface area contributed by atoms with E-state index in [9.17, 15) is 4.79 Å². The highest BCUT2D eigenvalue weighted by Crippen LogP contribution is 2.23. The third-order valence-corrected chi connectivity index (χ3v) is 4.59. The van der Waals surface area contributed by atoms with Gasteiger partial charge in [0.25, 0.3) is 0 Å². The second-order valence-electron chi connectivity index (χ2n) is 5.19. The molecule has 0 aliphatic rings. The Morgan fingerprint density at radius 1 is 1.09 bits per heavy atom. The first kappa shape index (κ1) is 15.5. The van der Waals surface area contributed by atoms with Gasteiger partial charge >= 0.3 is 0 Å². The van der Waals surface area contributed by atoms with Gasteiger partial charge in [0, 0.05) is 11.9 Å². The van der Waals surface area contributed by atoms with Crippen molar-refractivity contribution in [2.75, 3.05) is 5.75 Å². The molecule has 5 heteroatoms. The molecule has 0 atom stereocenters. The summed E-state index contributed by atoms with van der Waals surface area (Å²) in [5, 5.41) is 4.77. The molecule has 0 bridgehead atoms. The van der Waals surface area contributed by atoms with E-state index in [1.54, 1.807) is 0 Å². The van der Waals surface area contributed by atoms with Gasteiger partial charge in [0.1, 0.15) is 11.4 Å². The van der Waals surface area contributed by atoms with E-state index in [-0.39, 0.29) is 5.91 Å². The number of carbonyl (C=O) groups excluding carboxylic acids is 1. The summed E-state index contributed by atoms with van der Waals surface area (Å²) in [6.07, 6.45) is 1.54. The van der Waals surface area contributed by atoms with Crippen LogP contribution in [0.25, 0.3) is 10.9 Å². The molecule has 1 amide bonds. The molecule has 0 saturated carbocycles. The minimum absolute atomic E-state index is 0.000876.